The number of hydrogen-bond acceptors (Lipinski definition) is 6. The minimum Gasteiger partial charge on any atom is -0.504 e. The summed E-state index contributed by atoms with van der Waals surface area (Å²) in [6.07, 6.45) is -1.16. The fourth-order valence-electron chi connectivity index (χ4n) is 3.85. The summed E-state index contributed by atoms with van der Waals surface area (Å²) in [5.74, 6) is -0.0196. The monoisotopic (exact) mass is 488 g/mol. The number of phenols is 1. The lowest BCUT2D eigenvalue weighted by Gasteiger charge is -2.30. The molecule has 33 heavy (non-hydrogen) atoms. The van der Waals surface area contributed by atoms with E-state index in [0.717, 1.165) is 5.56 Å². The van der Waals surface area contributed by atoms with Gasteiger partial charge in [0.05, 0.1) is 16.9 Å². The van der Waals surface area contributed by atoms with Crippen LogP contribution in [0.4, 0.5) is 0 Å². The van der Waals surface area contributed by atoms with Crippen molar-refractivity contribution in [2.75, 3.05) is 20.2 Å². The maximum Gasteiger partial charge on any atom is 0.244 e. The summed E-state index contributed by atoms with van der Waals surface area (Å²) in [6.45, 7) is 1.79. The van der Waals surface area contributed by atoms with E-state index in [1.54, 1.807) is 30.3 Å². The van der Waals surface area contributed by atoms with Crippen LogP contribution in [0.15, 0.2) is 82.6 Å². The van der Waals surface area contributed by atoms with Crippen LogP contribution in [-0.2, 0) is 20.0 Å². The van der Waals surface area contributed by atoms with Gasteiger partial charge in [0.1, 0.15) is 6.17 Å². The number of ether oxygens (including phenoxy) is 1. The zero-order chi connectivity index (χ0) is 23.8. The zero-order valence-electron chi connectivity index (χ0n) is 18.1. The van der Waals surface area contributed by atoms with Crippen molar-refractivity contribution in [2.24, 2.45) is 0 Å². The Balaban J connectivity index is 1.86. The molecule has 0 saturated carbocycles. The maximum absolute atomic E-state index is 13.6. The third kappa shape index (κ3) is 4.22. The number of hydrogen-bond donors (Lipinski definition) is 1. The molecule has 0 unspecified atom stereocenters. The van der Waals surface area contributed by atoms with Gasteiger partial charge in [-0.05, 0) is 48.9 Å². The summed E-state index contributed by atoms with van der Waals surface area (Å²) < 4.78 is 61.7. The van der Waals surface area contributed by atoms with Crippen molar-refractivity contribution in [2.45, 2.75) is 22.9 Å². The summed E-state index contributed by atoms with van der Waals surface area (Å²) in [4.78, 5) is 0.137. The second-order valence-electron chi connectivity index (χ2n) is 7.66. The molecule has 3 aromatic rings. The van der Waals surface area contributed by atoms with E-state index in [2.05, 4.69) is 0 Å². The van der Waals surface area contributed by atoms with E-state index in [1.807, 2.05) is 6.92 Å². The van der Waals surface area contributed by atoms with Gasteiger partial charge in [-0.3, -0.25) is 0 Å². The van der Waals surface area contributed by atoms with Crippen LogP contribution in [0.5, 0.6) is 11.5 Å². The molecular formula is C23H24N2O6S2. The fourth-order valence-corrected chi connectivity index (χ4v) is 7.07. The molecule has 1 aliphatic heterocycles. The van der Waals surface area contributed by atoms with Crippen LogP contribution in [0.2, 0.25) is 0 Å². The minimum absolute atomic E-state index is 0.0316. The van der Waals surface area contributed by atoms with E-state index in [1.165, 1.54) is 58.2 Å². The van der Waals surface area contributed by atoms with Gasteiger partial charge in [0.25, 0.3) is 0 Å². The molecule has 1 N–H and O–H groups in total. The first-order chi connectivity index (χ1) is 15.7. The van der Waals surface area contributed by atoms with Crippen molar-refractivity contribution in [1.82, 2.24) is 8.61 Å². The topological polar surface area (TPSA) is 104 Å². The van der Waals surface area contributed by atoms with Gasteiger partial charge < -0.3 is 9.84 Å². The van der Waals surface area contributed by atoms with E-state index in [9.17, 15) is 21.9 Å². The Morgan fingerprint density at radius 3 is 1.91 bits per heavy atom. The molecule has 4 rings (SSSR count). The normalized spacial score (nSPS) is 17.8. The van der Waals surface area contributed by atoms with Crippen LogP contribution >= 0.6 is 0 Å². The Bertz CT molecular complexity index is 1360. The van der Waals surface area contributed by atoms with Gasteiger partial charge in [0, 0.05) is 13.1 Å². The third-order valence-corrected chi connectivity index (χ3v) is 9.30. The first-order valence-corrected chi connectivity index (χ1v) is 13.1. The Labute approximate surface area is 193 Å². The lowest BCUT2D eigenvalue weighted by molar-refractivity contribution is 0.290. The molecule has 10 heteroatoms. The summed E-state index contributed by atoms with van der Waals surface area (Å²) in [5, 5.41) is 10.0. The highest BCUT2D eigenvalue weighted by atomic mass is 32.2. The largest absolute Gasteiger partial charge is 0.504 e. The molecule has 8 nitrogen and oxygen atoms in total. The van der Waals surface area contributed by atoms with Crippen LogP contribution in [0.25, 0.3) is 0 Å². The summed E-state index contributed by atoms with van der Waals surface area (Å²) in [6, 6.07) is 18.6. The predicted molar refractivity (Wildman–Crippen MR) is 123 cm³/mol. The highest BCUT2D eigenvalue weighted by Crippen LogP contribution is 2.41. The first kappa shape index (κ1) is 23.2. The lowest BCUT2D eigenvalue weighted by atomic mass is 10.1. The molecule has 1 aliphatic rings. The van der Waals surface area contributed by atoms with Gasteiger partial charge in [-0.15, -0.1) is 0 Å². The molecule has 1 atom stereocenters. The van der Waals surface area contributed by atoms with Crippen molar-refractivity contribution in [3.05, 3.63) is 83.9 Å². The highest BCUT2D eigenvalue weighted by molar-refractivity contribution is 7.90. The highest BCUT2D eigenvalue weighted by Gasteiger charge is 2.46. The minimum atomic E-state index is -4.03. The van der Waals surface area contributed by atoms with Crippen LogP contribution in [0.3, 0.4) is 0 Å². The molecule has 0 aromatic heterocycles. The molecule has 0 spiro atoms. The molecule has 0 radical (unpaired) electrons. The van der Waals surface area contributed by atoms with Crippen LogP contribution in [-0.4, -0.2) is 50.8 Å². The molecular weight excluding hydrogens is 464 g/mol. The summed E-state index contributed by atoms with van der Waals surface area (Å²) in [7, 11) is -6.69. The van der Waals surface area contributed by atoms with E-state index in [-0.39, 0.29) is 34.4 Å². The average molecular weight is 489 g/mol. The van der Waals surface area contributed by atoms with Crippen LogP contribution in [0, 0.1) is 6.92 Å². The molecule has 3 aromatic carbocycles. The predicted octanol–water partition coefficient (Wildman–Crippen LogP) is 3.10. The van der Waals surface area contributed by atoms with Crippen LogP contribution in [0.1, 0.15) is 17.3 Å². The van der Waals surface area contributed by atoms with E-state index < -0.39 is 26.2 Å². The van der Waals surface area contributed by atoms with Crippen molar-refractivity contribution in [1.29, 1.82) is 0 Å². The van der Waals surface area contributed by atoms with Crippen LogP contribution < -0.4 is 4.74 Å². The zero-order valence-corrected chi connectivity index (χ0v) is 19.8. The molecule has 1 saturated heterocycles. The van der Waals surface area contributed by atoms with E-state index in [0.29, 0.717) is 5.56 Å². The third-order valence-electron chi connectivity index (χ3n) is 5.57. The van der Waals surface area contributed by atoms with Crippen molar-refractivity contribution >= 4 is 20.0 Å². The number of nitrogens with zero attached hydrogens (tertiary/aromatic N) is 2. The van der Waals surface area contributed by atoms with Gasteiger partial charge in [-0.2, -0.15) is 8.61 Å². The van der Waals surface area contributed by atoms with Gasteiger partial charge in [-0.1, -0.05) is 42.0 Å². The smallest absolute Gasteiger partial charge is 0.244 e. The lowest BCUT2D eigenvalue weighted by Crippen LogP contribution is -2.38. The van der Waals surface area contributed by atoms with Crippen molar-refractivity contribution in [3.63, 3.8) is 0 Å². The second-order valence-corrected chi connectivity index (χ2v) is 11.4. The molecule has 0 amide bonds. The average Bonchev–Trinajstić information content (AvgIpc) is 3.27. The number of benzene rings is 3. The summed E-state index contributed by atoms with van der Waals surface area (Å²) in [5.41, 5.74) is 1.26. The fraction of sp³-hybridized carbons (Fsp3) is 0.217. The molecule has 174 valence electrons. The number of phenolic OH excluding ortho intramolecular Hbond substituents is 1. The Hall–Kier alpha value is -2.92. The number of rotatable bonds is 6. The maximum atomic E-state index is 13.6. The molecule has 1 heterocycles. The molecule has 0 aliphatic carbocycles. The van der Waals surface area contributed by atoms with Gasteiger partial charge >= 0.3 is 0 Å². The summed E-state index contributed by atoms with van der Waals surface area (Å²) >= 11 is 0. The molecule has 1 fully saturated rings. The van der Waals surface area contributed by atoms with Gasteiger partial charge in [0.2, 0.25) is 20.0 Å². The van der Waals surface area contributed by atoms with Crippen molar-refractivity contribution in [3.8, 4) is 11.5 Å². The van der Waals surface area contributed by atoms with Crippen molar-refractivity contribution < 1.29 is 26.7 Å². The standard InChI is InChI=1S/C23H24N2O6S2/c1-17-8-11-20(12-9-17)33(29,30)25-15-14-24(32(27,28)19-6-4-3-5-7-19)23(25)18-10-13-21(26)22(16-18)31-2/h3-13,16,23,26H,14-15H2,1-2H3/t23-/m0/s1. The number of methoxy groups -OCH3 is 1. The molecule has 0 bridgehead atoms. The van der Waals surface area contributed by atoms with Gasteiger partial charge in [-0.25, -0.2) is 16.8 Å². The Morgan fingerprint density at radius 2 is 1.36 bits per heavy atom. The SMILES string of the molecule is COc1cc([C@H]2N(S(=O)(=O)c3ccccc3)CCN2S(=O)(=O)c2ccc(C)cc2)ccc1O. The number of sulfonamides is 2. The quantitative estimate of drug-likeness (QED) is 0.572. The van der Waals surface area contributed by atoms with Gasteiger partial charge in [0.15, 0.2) is 11.5 Å². The Kier molecular flexibility index (Phi) is 6.19. The Morgan fingerprint density at radius 1 is 0.818 bits per heavy atom. The first-order valence-electron chi connectivity index (χ1n) is 10.2. The van der Waals surface area contributed by atoms with E-state index in [4.69, 9.17) is 4.74 Å². The van der Waals surface area contributed by atoms with E-state index >= 15 is 0 Å². The second kappa shape index (κ2) is 8.79. The number of aromatic hydroxyl groups is 1. The number of aryl methyl sites for hydroxylation is 1.